The first-order chi connectivity index (χ1) is 7.13. The molecular formula is C12H12O3. The molecule has 0 unspecified atom stereocenters. The summed E-state index contributed by atoms with van der Waals surface area (Å²) in [6, 6.07) is 5.40. The molecule has 0 fully saturated rings. The molecule has 0 aliphatic carbocycles. The van der Waals surface area contributed by atoms with Crippen LogP contribution in [-0.2, 0) is 11.4 Å². The van der Waals surface area contributed by atoms with E-state index in [-0.39, 0.29) is 13.0 Å². The van der Waals surface area contributed by atoms with Crippen LogP contribution < -0.4 is 0 Å². The standard InChI is InChI=1S/C12H12O3/c1-9-7-10(3-2-4-12(14)15)5-6-11(9)8-13/h5-7,13H,4,8H2,1H3,(H,14,15). The van der Waals surface area contributed by atoms with E-state index in [4.69, 9.17) is 10.2 Å². The Balaban J connectivity index is 2.82. The fraction of sp³-hybridized carbons (Fsp3) is 0.250. The summed E-state index contributed by atoms with van der Waals surface area (Å²) in [5.74, 6) is 4.38. The highest BCUT2D eigenvalue weighted by atomic mass is 16.4. The molecule has 1 aromatic rings. The number of carboxylic acids is 1. The molecule has 0 spiro atoms. The Morgan fingerprint density at radius 1 is 1.47 bits per heavy atom. The first-order valence-corrected chi connectivity index (χ1v) is 4.54. The lowest BCUT2D eigenvalue weighted by Crippen LogP contribution is -1.91. The van der Waals surface area contributed by atoms with E-state index >= 15 is 0 Å². The number of aliphatic hydroxyl groups is 1. The zero-order valence-corrected chi connectivity index (χ0v) is 8.45. The van der Waals surface area contributed by atoms with Gasteiger partial charge in [-0.1, -0.05) is 17.9 Å². The van der Waals surface area contributed by atoms with Crippen molar-refractivity contribution in [3.05, 3.63) is 34.9 Å². The van der Waals surface area contributed by atoms with E-state index in [1.54, 1.807) is 12.1 Å². The maximum Gasteiger partial charge on any atom is 0.315 e. The number of aliphatic hydroxyl groups excluding tert-OH is 1. The predicted molar refractivity (Wildman–Crippen MR) is 56.2 cm³/mol. The quantitative estimate of drug-likeness (QED) is 0.714. The van der Waals surface area contributed by atoms with E-state index in [1.165, 1.54) is 0 Å². The minimum absolute atomic E-state index is 0.00860. The van der Waals surface area contributed by atoms with Gasteiger partial charge in [-0.25, -0.2) is 0 Å². The number of rotatable bonds is 2. The van der Waals surface area contributed by atoms with Gasteiger partial charge in [-0.2, -0.15) is 0 Å². The number of carboxylic acid groups (broad SMARTS) is 1. The molecule has 2 N–H and O–H groups in total. The van der Waals surface area contributed by atoms with Crippen molar-refractivity contribution in [1.29, 1.82) is 0 Å². The van der Waals surface area contributed by atoms with E-state index in [1.807, 2.05) is 13.0 Å². The molecule has 0 aliphatic rings. The third-order valence-electron chi connectivity index (χ3n) is 1.99. The van der Waals surface area contributed by atoms with Crippen molar-refractivity contribution in [2.24, 2.45) is 0 Å². The van der Waals surface area contributed by atoms with Gasteiger partial charge in [0, 0.05) is 5.56 Å². The molecule has 0 bridgehead atoms. The van der Waals surface area contributed by atoms with Gasteiger partial charge in [0.05, 0.1) is 6.61 Å². The molecule has 0 radical (unpaired) electrons. The molecule has 0 aliphatic heterocycles. The van der Waals surface area contributed by atoms with Crippen molar-refractivity contribution in [3.63, 3.8) is 0 Å². The zero-order chi connectivity index (χ0) is 11.3. The fourth-order valence-corrected chi connectivity index (χ4v) is 1.17. The molecule has 0 atom stereocenters. The van der Waals surface area contributed by atoms with Crippen LogP contribution in [0.4, 0.5) is 0 Å². The molecule has 0 aromatic heterocycles. The van der Waals surface area contributed by atoms with Crippen molar-refractivity contribution in [2.45, 2.75) is 20.0 Å². The Morgan fingerprint density at radius 2 is 2.20 bits per heavy atom. The van der Waals surface area contributed by atoms with Gasteiger partial charge in [0.1, 0.15) is 6.42 Å². The molecule has 1 rings (SSSR count). The first kappa shape index (κ1) is 11.3. The summed E-state index contributed by atoms with van der Waals surface area (Å²) in [6.45, 7) is 1.89. The van der Waals surface area contributed by atoms with Crippen LogP contribution in [0.5, 0.6) is 0 Å². The van der Waals surface area contributed by atoms with Gasteiger partial charge in [0.25, 0.3) is 0 Å². The Labute approximate surface area is 88.4 Å². The minimum Gasteiger partial charge on any atom is -0.481 e. The molecular weight excluding hydrogens is 192 g/mol. The van der Waals surface area contributed by atoms with Crippen LogP contribution >= 0.6 is 0 Å². The van der Waals surface area contributed by atoms with Crippen LogP contribution in [0.1, 0.15) is 23.1 Å². The Kier molecular flexibility index (Phi) is 3.90. The van der Waals surface area contributed by atoms with Crippen LogP contribution in [0.25, 0.3) is 0 Å². The molecule has 78 valence electrons. The number of hydrogen-bond acceptors (Lipinski definition) is 2. The second-order valence-electron chi connectivity index (χ2n) is 3.17. The van der Waals surface area contributed by atoms with Crippen molar-refractivity contribution in [2.75, 3.05) is 0 Å². The topological polar surface area (TPSA) is 57.5 Å². The van der Waals surface area contributed by atoms with Gasteiger partial charge in [-0.15, -0.1) is 0 Å². The van der Waals surface area contributed by atoms with Gasteiger partial charge >= 0.3 is 5.97 Å². The van der Waals surface area contributed by atoms with Crippen LogP contribution in [0.3, 0.4) is 0 Å². The highest BCUT2D eigenvalue weighted by molar-refractivity contribution is 5.70. The molecule has 15 heavy (non-hydrogen) atoms. The van der Waals surface area contributed by atoms with Gasteiger partial charge in [0.2, 0.25) is 0 Å². The van der Waals surface area contributed by atoms with E-state index in [0.29, 0.717) is 0 Å². The SMILES string of the molecule is Cc1cc(C#CCC(=O)O)ccc1CO. The highest BCUT2D eigenvalue weighted by Gasteiger charge is 1.96. The third kappa shape index (κ3) is 3.45. The number of aryl methyl sites for hydroxylation is 1. The summed E-state index contributed by atoms with van der Waals surface area (Å²) in [5.41, 5.74) is 2.59. The summed E-state index contributed by atoms with van der Waals surface area (Å²) in [4.78, 5) is 10.2. The van der Waals surface area contributed by atoms with Crippen LogP contribution in [0.2, 0.25) is 0 Å². The van der Waals surface area contributed by atoms with Gasteiger partial charge < -0.3 is 10.2 Å². The number of aliphatic carboxylic acids is 1. The summed E-state index contributed by atoms with van der Waals surface area (Å²) < 4.78 is 0. The van der Waals surface area contributed by atoms with E-state index in [0.717, 1.165) is 16.7 Å². The highest BCUT2D eigenvalue weighted by Crippen LogP contribution is 2.10. The van der Waals surface area contributed by atoms with E-state index in [9.17, 15) is 4.79 Å². The van der Waals surface area contributed by atoms with Gasteiger partial charge in [-0.05, 0) is 30.2 Å². The summed E-state index contributed by atoms with van der Waals surface area (Å²) in [7, 11) is 0. The Hall–Kier alpha value is -1.79. The maximum atomic E-state index is 10.2. The largest absolute Gasteiger partial charge is 0.481 e. The number of hydrogen-bond donors (Lipinski definition) is 2. The van der Waals surface area contributed by atoms with Crippen LogP contribution in [0, 0.1) is 18.8 Å². The van der Waals surface area contributed by atoms with Gasteiger partial charge in [0.15, 0.2) is 0 Å². The molecule has 0 amide bonds. The normalized spacial score (nSPS) is 9.20. The fourth-order valence-electron chi connectivity index (χ4n) is 1.17. The predicted octanol–water partition coefficient (Wildman–Crippen LogP) is 1.31. The molecule has 1 aromatic carbocycles. The van der Waals surface area contributed by atoms with Crippen molar-refractivity contribution in [3.8, 4) is 11.8 Å². The minimum atomic E-state index is -0.925. The van der Waals surface area contributed by atoms with E-state index < -0.39 is 5.97 Å². The van der Waals surface area contributed by atoms with Gasteiger partial charge in [-0.3, -0.25) is 4.79 Å². The molecule has 0 heterocycles. The van der Waals surface area contributed by atoms with Crippen LogP contribution in [0.15, 0.2) is 18.2 Å². The van der Waals surface area contributed by atoms with Crippen LogP contribution in [-0.4, -0.2) is 16.2 Å². The molecule has 0 saturated heterocycles. The molecule has 3 heteroatoms. The Morgan fingerprint density at radius 3 is 2.73 bits per heavy atom. The second-order valence-corrected chi connectivity index (χ2v) is 3.17. The summed E-state index contributed by atoms with van der Waals surface area (Å²) in [6.07, 6.45) is -0.152. The smallest absolute Gasteiger partial charge is 0.315 e. The first-order valence-electron chi connectivity index (χ1n) is 4.54. The lowest BCUT2D eigenvalue weighted by molar-refractivity contribution is -0.135. The van der Waals surface area contributed by atoms with Crippen molar-refractivity contribution < 1.29 is 15.0 Å². The third-order valence-corrected chi connectivity index (χ3v) is 1.99. The summed E-state index contributed by atoms with van der Waals surface area (Å²) >= 11 is 0. The van der Waals surface area contributed by atoms with E-state index in [2.05, 4.69) is 11.8 Å². The number of benzene rings is 1. The van der Waals surface area contributed by atoms with Crippen molar-refractivity contribution >= 4 is 5.97 Å². The monoisotopic (exact) mass is 204 g/mol. The van der Waals surface area contributed by atoms with Crippen molar-refractivity contribution in [1.82, 2.24) is 0 Å². The lowest BCUT2D eigenvalue weighted by Gasteiger charge is -2.01. The lowest BCUT2D eigenvalue weighted by atomic mass is 10.1. The Bertz CT molecular complexity index is 424. The average Bonchev–Trinajstić information content (AvgIpc) is 2.17. The molecule has 3 nitrogen and oxygen atoms in total. The molecule has 0 saturated carbocycles. The average molecular weight is 204 g/mol. The second kappa shape index (κ2) is 5.18. The maximum absolute atomic E-state index is 10.2. The number of carbonyl (C=O) groups is 1. The zero-order valence-electron chi connectivity index (χ0n) is 8.45. The summed E-state index contributed by atoms with van der Waals surface area (Å²) in [5, 5.41) is 17.3.